The Morgan fingerprint density at radius 3 is 2.82 bits per heavy atom. The zero-order valence-corrected chi connectivity index (χ0v) is 9.55. The lowest BCUT2D eigenvalue weighted by molar-refractivity contribution is 0.306. The predicted molar refractivity (Wildman–Crippen MR) is 60.2 cm³/mol. The molecule has 0 radical (unpaired) electrons. The molecule has 3 rings (SSSR count). The van der Waals surface area contributed by atoms with Gasteiger partial charge in [-0.3, -0.25) is 0 Å². The maximum Gasteiger partial charge on any atom is 0.240 e. The molecule has 0 aliphatic carbocycles. The fourth-order valence-electron chi connectivity index (χ4n) is 1.97. The van der Waals surface area contributed by atoms with E-state index in [9.17, 15) is 0 Å². The summed E-state index contributed by atoms with van der Waals surface area (Å²) in [5.41, 5.74) is -0.0694. The quantitative estimate of drug-likeness (QED) is 0.823. The summed E-state index contributed by atoms with van der Waals surface area (Å²) in [7, 11) is 0. The van der Waals surface area contributed by atoms with Gasteiger partial charge in [0.1, 0.15) is 0 Å². The van der Waals surface area contributed by atoms with E-state index in [0.717, 1.165) is 19.5 Å². The van der Waals surface area contributed by atoms with Crippen LogP contribution in [0.25, 0.3) is 11.6 Å². The van der Waals surface area contributed by atoms with Crippen molar-refractivity contribution in [3.05, 3.63) is 24.4 Å². The number of nitrogens with zero attached hydrogens (tertiary/aromatic N) is 4. The van der Waals surface area contributed by atoms with E-state index in [-0.39, 0.29) is 5.41 Å². The van der Waals surface area contributed by atoms with Gasteiger partial charge < -0.3 is 9.84 Å². The van der Waals surface area contributed by atoms with Crippen molar-refractivity contribution in [2.45, 2.75) is 18.8 Å². The molecule has 0 bridgehead atoms. The number of nitrogens with one attached hydrogen (secondary N) is 1. The molecule has 6 heteroatoms. The Hall–Kier alpha value is -1.82. The van der Waals surface area contributed by atoms with Crippen LogP contribution in [0.2, 0.25) is 0 Å². The fraction of sp³-hybridized carbons (Fsp3) is 0.455. The minimum atomic E-state index is -0.0694. The van der Waals surface area contributed by atoms with E-state index in [1.807, 2.05) is 0 Å². The molecule has 0 saturated carbocycles. The van der Waals surface area contributed by atoms with E-state index < -0.39 is 0 Å². The Bertz CT molecular complexity index is 504. The third kappa shape index (κ3) is 1.80. The van der Waals surface area contributed by atoms with Crippen molar-refractivity contribution in [3.63, 3.8) is 0 Å². The van der Waals surface area contributed by atoms with Crippen molar-refractivity contribution in [2.75, 3.05) is 13.1 Å². The Morgan fingerprint density at radius 1 is 1.29 bits per heavy atom. The minimum absolute atomic E-state index is 0.0694. The summed E-state index contributed by atoms with van der Waals surface area (Å²) in [5, 5.41) is 7.24. The highest BCUT2D eigenvalue weighted by atomic mass is 16.5. The lowest BCUT2D eigenvalue weighted by Crippen LogP contribution is -2.25. The van der Waals surface area contributed by atoms with Crippen molar-refractivity contribution in [2.24, 2.45) is 0 Å². The summed E-state index contributed by atoms with van der Waals surface area (Å²) in [5.74, 6) is 1.61. The lowest BCUT2D eigenvalue weighted by Gasteiger charge is -2.15. The van der Waals surface area contributed by atoms with Crippen LogP contribution in [0.3, 0.4) is 0 Å². The van der Waals surface area contributed by atoms with Crippen molar-refractivity contribution < 1.29 is 4.52 Å². The molecule has 1 aliphatic heterocycles. The molecular weight excluding hydrogens is 218 g/mol. The summed E-state index contributed by atoms with van der Waals surface area (Å²) in [6.45, 7) is 3.97. The second-order valence-corrected chi connectivity index (χ2v) is 4.48. The molecule has 88 valence electrons. The van der Waals surface area contributed by atoms with Gasteiger partial charge in [0.05, 0.1) is 5.41 Å². The topological polar surface area (TPSA) is 76.7 Å². The number of hydrogen-bond acceptors (Lipinski definition) is 6. The average Bonchev–Trinajstić information content (AvgIpc) is 2.99. The first-order valence-electron chi connectivity index (χ1n) is 5.60. The Labute approximate surface area is 98.5 Å². The molecule has 1 fully saturated rings. The minimum Gasteiger partial charge on any atom is -0.338 e. The zero-order chi connectivity index (χ0) is 11.7. The number of hydrogen-bond donors (Lipinski definition) is 1. The molecule has 1 saturated heterocycles. The SMILES string of the molecule is CC1(c2nc(-c3ncccn3)no2)CCNC1. The first kappa shape index (κ1) is 10.3. The van der Waals surface area contributed by atoms with Crippen LogP contribution in [0, 0.1) is 0 Å². The van der Waals surface area contributed by atoms with Crippen LogP contribution in [0.1, 0.15) is 19.2 Å². The lowest BCUT2D eigenvalue weighted by atomic mass is 9.90. The predicted octanol–water partition coefficient (Wildman–Crippen LogP) is 0.778. The second kappa shape index (κ2) is 3.89. The third-order valence-corrected chi connectivity index (χ3v) is 3.08. The molecule has 1 aliphatic rings. The van der Waals surface area contributed by atoms with Crippen LogP contribution in [0.5, 0.6) is 0 Å². The Kier molecular flexibility index (Phi) is 2.36. The standard InChI is InChI=1S/C11H13N5O/c1-11(3-6-12-7-11)10-15-9(16-17-10)8-13-4-2-5-14-8/h2,4-5,12H,3,6-7H2,1H3. The molecule has 2 aromatic heterocycles. The van der Waals surface area contributed by atoms with Crippen LogP contribution < -0.4 is 5.32 Å². The van der Waals surface area contributed by atoms with Crippen molar-refractivity contribution >= 4 is 0 Å². The van der Waals surface area contributed by atoms with E-state index in [0.29, 0.717) is 17.5 Å². The van der Waals surface area contributed by atoms with Crippen molar-refractivity contribution in [3.8, 4) is 11.6 Å². The smallest absolute Gasteiger partial charge is 0.240 e. The molecule has 0 aromatic carbocycles. The molecule has 1 unspecified atom stereocenters. The van der Waals surface area contributed by atoms with Gasteiger partial charge in [0.2, 0.25) is 17.5 Å². The number of aromatic nitrogens is 4. The van der Waals surface area contributed by atoms with E-state index in [2.05, 4.69) is 32.3 Å². The Balaban J connectivity index is 1.93. The van der Waals surface area contributed by atoms with Crippen LogP contribution in [0.15, 0.2) is 23.0 Å². The molecule has 3 heterocycles. The molecule has 17 heavy (non-hydrogen) atoms. The summed E-state index contributed by atoms with van der Waals surface area (Å²) < 4.78 is 5.32. The van der Waals surface area contributed by atoms with Crippen LogP contribution in [-0.4, -0.2) is 33.2 Å². The molecule has 2 aromatic rings. The molecule has 6 nitrogen and oxygen atoms in total. The normalized spacial score (nSPS) is 24.1. The molecular formula is C11H13N5O. The molecule has 0 amide bonds. The maximum absolute atomic E-state index is 5.32. The van der Waals surface area contributed by atoms with Gasteiger partial charge in [-0.05, 0) is 26.0 Å². The summed E-state index contributed by atoms with van der Waals surface area (Å²) in [4.78, 5) is 12.6. The highest BCUT2D eigenvalue weighted by Gasteiger charge is 2.36. The molecule has 1 N–H and O–H groups in total. The summed E-state index contributed by atoms with van der Waals surface area (Å²) in [6, 6.07) is 1.76. The van der Waals surface area contributed by atoms with Gasteiger partial charge in [-0.15, -0.1) is 0 Å². The van der Waals surface area contributed by atoms with Gasteiger partial charge in [-0.2, -0.15) is 4.98 Å². The van der Waals surface area contributed by atoms with E-state index in [1.165, 1.54) is 0 Å². The third-order valence-electron chi connectivity index (χ3n) is 3.08. The van der Waals surface area contributed by atoms with Gasteiger partial charge in [0, 0.05) is 18.9 Å². The molecule has 1 atom stereocenters. The summed E-state index contributed by atoms with van der Waals surface area (Å²) in [6.07, 6.45) is 4.33. The van der Waals surface area contributed by atoms with Crippen LogP contribution >= 0.6 is 0 Å². The highest BCUT2D eigenvalue weighted by molar-refractivity contribution is 5.40. The highest BCUT2D eigenvalue weighted by Crippen LogP contribution is 2.29. The van der Waals surface area contributed by atoms with Crippen molar-refractivity contribution in [1.82, 2.24) is 25.4 Å². The number of rotatable bonds is 2. The monoisotopic (exact) mass is 231 g/mol. The van der Waals surface area contributed by atoms with Gasteiger partial charge in [-0.25, -0.2) is 9.97 Å². The van der Waals surface area contributed by atoms with E-state index in [4.69, 9.17) is 4.52 Å². The Morgan fingerprint density at radius 2 is 2.12 bits per heavy atom. The fourth-order valence-corrected chi connectivity index (χ4v) is 1.97. The zero-order valence-electron chi connectivity index (χ0n) is 9.55. The van der Waals surface area contributed by atoms with Gasteiger partial charge >= 0.3 is 0 Å². The summed E-state index contributed by atoms with van der Waals surface area (Å²) >= 11 is 0. The van der Waals surface area contributed by atoms with Gasteiger partial charge in [-0.1, -0.05) is 5.16 Å². The maximum atomic E-state index is 5.32. The van der Waals surface area contributed by atoms with E-state index in [1.54, 1.807) is 18.5 Å². The first-order chi connectivity index (χ1) is 8.28. The second-order valence-electron chi connectivity index (χ2n) is 4.48. The van der Waals surface area contributed by atoms with Crippen molar-refractivity contribution in [1.29, 1.82) is 0 Å². The van der Waals surface area contributed by atoms with E-state index >= 15 is 0 Å². The van der Waals surface area contributed by atoms with Crippen LogP contribution in [0.4, 0.5) is 0 Å². The molecule has 0 spiro atoms. The largest absolute Gasteiger partial charge is 0.338 e. The van der Waals surface area contributed by atoms with Gasteiger partial charge in [0.25, 0.3) is 0 Å². The van der Waals surface area contributed by atoms with Gasteiger partial charge in [0.15, 0.2) is 0 Å². The first-order valence-corrected chi connectivity index (χ1v) is 5.60. The average molecular weight is 231 g/mol. The van der Waals surface area contributed by atoms with Crippen LogP contribution in [-0.2, 0) is 5.41 Å².